The van der Waals surface area contributed by atoms with Crippen molar-refractivity contribution >= 4 is 79.4 Å². The number of nitrogens with one attached hydrogen (secondary N) is 1. The number of amides is 1. The molecule has 1 amide bonds. The van der Waals surface area contributed by atoms with E-state index in [0.717, 1.165) is 14.7 Å². The molecule has 0 spiro atoms. The van der Waals surface area contributed by atoms with Gasteiger partial charge in [0, 0.05) is 21.3 Å². The second kappa shape index (κ2) is 11.2. The first kappa shape index (κ1) is 24.6. The average molecular weight is 642 g/mol. The average Bonchev–Trinajstić information content (AvgIpc) is 2.75. The van der Waals surface area contributed by atoms with Crippen molar-refractivity contribution in [2.45, 2.75) is 13.5 Å². The summed E-state index contributed by atoms with van der Waals surface area (Å²) < 4.78 is 7.47. The van der Waals surface area contributed by atoms with Crippen molar-refractivity contribution in [1.29, 1.82) is 5.26 Å². The molecule has 0 saturated heterocycles. The summed E-state index contributed by atoms with van der Waals surface area (Å²) in [7, 11) is 0. The number of nitriles is 1. The Morgan fingerprint density at radius 2 is 1.94 bits per heavy atom. The van der Waals surface area contributed by atoms with Crippen LogP contribution in [0.4, 0.5) is 5.69 Å². The summed E-state index contributed by atoms with van der Waals surface area (Å²) in [5, 5.41) is 13.4. The van der Waals surface area contributed by atoms with Gasteiger partial charge in [0.05, 0.1) is 8.04 Å². The van der Waals surface area contributed by atoms with E-state index in [1.165, 1.54) is 6.08 Å². The second-order valence-corrected chi connectivity index (χ2v) is 9.61. The zero-order valence-electron chi connectivity index (χ0n) is 16.8. The molecule has 0 aromatic heterocycles. The normalized spacial score (nSPS) is 11.1. The summed E-state index contributed by atoms with van der Waals surface area (Å²) in [6.07, 6.45) is 1.52. The molecule has 0 aliphatic rings. The third kappa shape index (κ3) is 6.26. The molecule has 0 heterocycles. The lowest BCUT2D eigenvalue weighted by Gasteiger charge is -2.12. The molecule has 0 radical (unpaired) electrons. The van der Waals surface area contributed by atoms with E-state index in [0.29, 0.717) is 38.1 Å². The van der Waals surface area contributed by atoms with E-state index in [1.54, 1.807) is 24.3 Å². The lowest BCUT2D eigenvalue weighted by molar-refractivity contribution is -0.112. The fourth-order valence-electron chi connectivity index (χ4n) is 2.75. The molecule has 3 aromatic rings. The number of hydrogen-bond acceptors (Lipinski definition) is 3. The van der Waals surface area contributed by atoms with Crippen molar-refractivity contribution in [2.75, 3.05) is 5.32 Å². The minimum atomic E-state index is -0.516. The molecule has 3 rings (SSSR count). The molecular formula is C24H16BrCl2IN2O2. The van der Waals surface area contributed by atoms with Crippen LogP contribution in [0.15, 0.2) is 64.6 Å². The molecule has 0 aliphatic heterocycles. The van der Waals surface area contributed by atoms with Crippen LogP contribution in [0.25, 0.3) is 6.08 Å². The van der Waals surface area contributed by atoms with E-state index in [9.17, 15) is 10.1 Å². The van der Waals surface area contributed by atoms with Crippen LogP contribution in [0.2, 0.25) is 10.0 Å². The topological polar surface area (TPSA) is 62.1 Å². The summed E-state index contributed by atoms with van der Waals surface area (Å²) in [5.74, 6) is 0.137. The summed E-state index contributed by atoms with van der Waals surface area (Å²) in [6.45, 7) is 2.18. The molecular weight excluding hydrogens is 626 g/mol. The van der Waals surface area contributed by atoms with E-state index < -0.39 is 5.91 Å². The molecule has 8 heteroatoms. The molecule has 0 aliphatic carbocycles. The first-order chi connectivity index (χ1) is 15.3. The highest BCUT2D eigenvalue weighted by Crippen LogP contribution is 2.34. The number of rotatable bonds is 6. The van der Waals surface area contributed by atoms with Gasteiger partial charge in [-0.3, -0.25) is 4.79 Å². The van der Waals surface area contributed by atoms with Gasteiger partial charge in [0.1, 0.15) is 24.0 Å². The summed E-state index contributed by atoms with van der Waals surface area (Å²) in [4.78, 5) is 12.6. The fraction of sp³-hybridized carbons (Fsp3) is 0.0833. The van der Waals surface area contributed by atoms with Crippen molar-refractivity contribution < 1.29 is 9.53 Å². The first-order valence-corrected chi connectivity index (χ1v) is 12.0. The van der Waals surface area contributed by atoms with E-state index >= 15 is 0 Å². The Labute approximate surface area is 218 Å². The zero-order chi connectivity index (χ0) is 23.3. The summed E-state index contributed by atoms with van der Waals surface area (Å²) in [6, 6.07) is 18.2. The number of benzene rings is 3. The van der Waals surface area contributed by atoms with Crippen LogP contribution in [0.5, 0.6) is 5.75 Å². The Morgan fingerprint density at radius 1 is 1.19 bits per heavy atom. The third-order valence-corrected chi connectivity index (χ3v) is 6.62. The van der Waals surface area contributed by atoms with Gasteiger partial charge in [-0.1, -0.05) is 47.5 Å². The number of aryl methyl sites for hydroxylation is 1. The van der Waals surface area contributed by atoms with Crippen molar-refractivity contribution in [3.8, 4) is 11.8 Å². The van der Waals surface area contributed by atoms with Crippen molar-refractivity contribution in [2.24, 2.45) is 0 Å². The molecule has 0 fully saturated rings. The van der Waals surface area contributed by atoms with Crippen molar-refractivity contribution in [3.05, 3.63) is 94.9 Å². The predicted octanol–water partition coefficient (Wildman–Crippen LogP) is 7.79. The molecule has 32 heavy (non-hydrogen) atoms. The number of anilines is 1. The second-order valence-electron chi connectivity index (χ2n) is 6.78. The third-order valence-electron chi connectivity index (χ3n) is 4.46. The van der Waals surface area contributed by atoms with E-state index in [2.05, 4.69) is 43.8 Å². The monoisotopic (exact) mass is 640 g/mol. The largest absolute Gasteiger partial charge is 0.487 e. The molecule has 0 bridgehead atoms. The Balaban J connectivity index is 1.78. The number of carbonyl (C=O) groups excluding carboxylic acids is 1. The molecule has 1 N–H and O–H groups in total. The Morgan fingerprint density at radius 3 is 2.59 bits per heavy atom. The van der Waals surface area contributed by atoms with Gasteiger partial charge in [-0.2, -0.15) is 5.26 Å². The molecule has 162 valence electrons. The lowest BCUT2D eigenvalue weighted by Crippen LogP contribution is -2.13. The maximum Gasteiger partial charge on any atom is 0.266 e. The highest BCUT2D eigenvalue weighted by atomic mass is 127. The molecule has 0 unspecified atom stereocenters. The number of hydrogen-bond donors (Lipinski definition) is 1. The highest BCUT2D eigenvalue weighted by Gasteiger charge is 2.13. The fourth-order valence-corrected chi connectivity index (χ4v) is 4.89. The molecule has 0 saturated carbocycles. The van der Waals surface area contributed by atoms with Gasteiger partial charge in [0.2, 0.25) is 0 Å². The van der Waals surface area contributed by atoms with Crippen LogP contribution in [-0.2, 0) is 11.4 Å². The molecule has 3 aromatic carbocycles. The van der Waals surface area contributed by atoms with Crippen LogP contribution in [-0.4, -0.2) is 5.91 Å². The lowest BCUT2D eigenvalue weighted by atomic mass is 10.1. The predicted molar refractivity (Wildman–Crippen MR) is 141 cm³/mol. The van der Waals surface area contributed by atoms with Crippen LogP contribution >= 0.6 is 61.7 Å². The van der Waals surface area contributed by atoms with Gasteiger partial charge < -0.3 is 10.1 Å². The van der Waals surface area contributed by atoms with Gasteiger partial charge in [0.15, 0.2) is 0 Å². The SMILES string of the molecule is Cc1ccc(NC(=O)/C(C#N)=C\c2cc(Br)c(OCc3ccccc3Cl)c(I)c2)cc1Cl. The van der Waals surface area contributed by atoms with Crippen LogP contribution < -0.4 is 10.1 Å². The summed E-state index contributed by atoms with van der Waals surface area (Å²) in [5.41, 5.74) is 2.94. The van der Waals surface area contributed by atoms with Crippen molar-refractivity contribution in [3.63, 3.8) is 0 Å². The molecule has 0 atom stereocenters. The highest BCUT2D eigenvalue weighted by molar-refractivity contribution is 14.1. The molecule has 4 nitrogen and oxygen atoms in total. The standard InChI is InChI=1S/C24H16BrCl2IN2O2/c1-14-6-7-18(11-21(14)27)30-24(31)17(12-29)8-15-9-19(25)23(22(28)10-15)32-13-16-4-2-3-5-20(16)26/h2-11H,13H2,1H3,(H,30,31)/b17-8-. The Bertz CT molecular complexity index is 1230. The van der Waals surface area contributed by atoms with Gasteiger partial charge in [-0.05, 0) is 93.0 Å². The minimum Gasteiger partial charge on any atom is -0.487 e. The van der Waals surface area contributed by atoms with Gasteiger partial charge in [-0.25, -0.2) is 0 Å². The van der Waals surface area contributed by atoms with Crippen LogP contribution in [0.1, 0.15) is 16.7 Å². The summed E-state index contributed by atoms with van der Waals surface area (Å²) >= 11 is 18.0. The van der Waals surface area contributed by atoms with E-state index in [1.807, 2.05) is 43.3 Å². The minimum absolute atomic E-state index is 0.0332. The van der Waals surface area contributed by atoms with Crippen LogP contribution in [0.3, 0.4) is 0 Å². The number of halogens is 4. The first-order valence-electron chi connectivity index (χ1n) is 9.33. The smallest absolute Gasteiger partial charge is 0.266 e. The maximum absolute atomic E-state index is 12.6. The van der Waals surface area contributed by atoms with Crippen LogP contribution in [0, 0.1) is 21.8 Å². The Hall–Kier alpha value is -2.05. The van der Waals surface area contributed by atoms with Gasteiger partial charge in [-0.15, -0.1) is 0 Å². The number of ether oxygens (including phenoxy) is 1. The van der Waals surface area contributed by atoms with Gasteiger partial charge >= 0.3 is 0 Å². The number of carbonyl (C=O) groups is 1. The zero-order valence-corrected chi connectivity index (χ0v) is 22.0. The van der Waals surface area contributed by atoms with Gasteiger partial charge in [0.25, 0.3) is 5.91 Å². The number of nitrogens with zero attached hydrogens (tertiary/aromatic N) is 1. The van der Waals surface area contributed by atoms with E-state index in [-0.39, 0.29) is 5.57 Å². The maximum atomic E-state index is 12.6. The Kier molecular flexibility index (Phi) is 8.60. The van der Waals surface area contributed by atoms with Crippen molar-refractivity contribution in [1.82, 2.24) is 0 Å². The quantitative estimate of drug-likeness (QED) is 0.170. The van der Waals surface area contributed by atoms with E-state index in [4.69, 9.17) is 27.9 Å².